The molecule has 0 unspecified atom stereocenters. The summed E-state index contributed by atoms with van der Waals surface area (Å²) >= 11 is 1.42. The molecule has 0 aliphatic carbocycles. The normalized spacial score (nSPS) is 10.6. The van der Waals surface area contributed by atoms with Crippen molar-refractivity contribution in [2.75, 3.05) is 5.32 Å². The highest BCUT2D eigenvalue weighted by atomic mass is 32.1. The Morgan fingerprint density at radius 1 is 1.37 bits per heavy atom. The molecule has 1 heterocycles. The van der Waals surface area contributed by atoms with Crippen molar-refractivity contribution in [3.63, 3.8) is 0 Å². The molecule has 5 nitrogen and oxygen atoms in total. The van der Waals surface area contributed by atoms with Gasteiger partial charge in [0.05, 0.1) is 10.2 Å². The maximum Gasteiger partial charge on any atom is 0.303 e. The number of nitrogens with one attached hydrogen (secondary N) is 1. The second-order valence-electron chi connectivity index (χ2n) is 4.24. The molecule has 0 radical (unpaired) electrons. The molecular formula is C13H14N2O3S. The third kappa shape index (κ3) is 3.51. The first kappa shape index (κ1) is 13.5. The fourth-order valence-electron chi connectivity index (χ4n) is 1.72. The van der Waals surface area contributed by atoms with Gasteiger partial charge in [-0.15, -0.1) is 0 Å². The van der Waals surface area contributed by atoms with E-state index in [9.17, 15) is 9.59 Å². The second kappa shape index (κ2) is 5.79. The molecule has 0 saturated carbocycles. The van der Waals surface area contributed by atoms with Crippen LogP contribution in [-0.4, -0.2) is 22.0 Å². The number of amides is 1. The Kier molecular flexibility index (Phi) is 4.11. The number of anilines is 1. The minimum absolute atomic E-state index is 0.00632. The van der Waals surface area contributed by atoms with Gasteiger partial charge in [-0.3, -0.25) is 9.59 Å². The molecule has 1 amide bonds. The van der Waals surface area contributed by atoms with Gasteiger partial charge in [0.15, 0.2) is 5.13 Å². The highest BCUT2D eigenvalue weighted by Gasteiger charge is 2.09. The molecular weight excluding hydrogens is 264 g/mol. The number of aryl methyl sites for hydroxylation is 1. The zero-order valence-corrected chi connectivity index (χ0v) is 11.3. The van der Waals surface area contributed by atoms with E-state index in [4.69, 9.17) is 5.11 Å². The largest absolute Gasteiger partial charge is 0.481 e. The predicted octanol–water partition coefficient (Wildman–Crippen LogP) is 2.80. The van der Waals surface area contributed by atoms with E-state index in [2.05, 4.69) is 10.3 Å². The summed E-state index contributed by atoms with van der Waals surface area (Å²) in [5, 5.41) is 11.8. The van der Waals surface area contributed by atoms with Gasteiger partial charge in [-0.1, -0.05) is 23.5 Å². The number of carbonyl (C=O) groups is 2. The number of fused-ring (bicyclic) bond motifs is 1. The maximum absolute atomic E-state index is 11.6. The molecule has 0 fully saturated rings. The predicted molar refractivity (Wildman–Crippen MR) is 74.5 cm³/mol. The van der Waals surface area contributed by atoms with Crippen LogP contribution in [0.25, 0.3) is 10.2 Å². The van der Waals surface area contributed by atoms with Crippen molar-refractivity contribution >= 4 is 38.6 Å². The summed E-state index contributed by atoms with van der Waals surface area (Å²) in [6, 6.07) is 5.88. The minimum atomic E-state index is -0.886. The van der Waals surface area contributed by atoms with Crippen molar-refractivity contribution in [1.82, 2.24) is 4.98 Å². The van der Waals surface area contributed by atoms with Crippen LogP contribution in [0.15, 0.2) is 18.2 Å². The van der Waals surface area contributed by atoms with E-state index < -0.39 is 5.97 Å². The monoisotopic (exact) mass is 278 g/mol. The van der Waals surface area contributed by atoms with Crippen LogP contribution in [0.2, 0.25) is 0 Å². The van der Waals surface area contributed by atoms with E-state index in [0.717, 1.165) is 15.8 Å². The zero-order valence-electron chi connectivity index (χ0n) is 10.5. The van der Waals surface area contributed by atoms with E-state index in [-0.39, 0.29) is 18.7 Å². The molecule has 2 rings (SSSR count). The Labute approximate surface area is 114 Å². The van der Waals surface area contributed by atoms with E-state index >= 15 is 0 Å². The lowest BCUT2D eigenvalue weighted by Gasteiger charge is -1.99. The third-order valence-electron chi connectivity index (χ3n) is 2.66. The van der Waals surface area contributed by atoms with E-state index in [0.29, 0.717) is 11.6 Å². The van der Waals surface area contributed by atoms with Crippen molar-refractivity contribution in [1.29, 1.82) is 0 Å². The van der Waals surface area contributed by atoms with Gasteiger partial charge in [-0.25, -0.2) is 4.98 Å². The molecule has 0 aliphatic heterocycles. The van der Waals surface area contributed by atoms with Crippen LogP contribution in [0, 0.1) is 6.92 Å². The highest BCUT2D eigenvalue weighted by Crippen LogP contribution is 2.27. The molecule has 0 aliphatic rings. The average molecular weight is 278 g/mol. The summed E-state index contributed by atoms with van der Waals surface area (Å²) in [6.45, 7) is 1.97. The summed E-state index contributed by atoms with van der Waals surface area (Å²) in [4.78, 5) is 26.3. The number of hydrogen-bond donors (Lipinski definition) is 2. The van der Waals surface area contributed by atoms with Crippen LogP contribution >= 0.6 is 11.3 Å². The number of nitrogens with zero attached hydrogens (tertiary/aromatic N) is 1. The summed E-state index contributed by atoms with van der Waals surface area (Å²) < 4.78 is 1.03. The molecule has 0 atom stereocenters. The molecule has 1 aromatic heterocycles. The molecule has 1 aromatic carbocycles. The van der Waals surface area contributed by atoms with Gasteiger partial charge in [0.2, 0.25) is 5.91 Å². The Bertz CT molecular complexity index is 621. The van der Waals surface area contributed by atoms with Crippen LogP contribution in [0.4, 0.5) is 5.13 Å². The van der Waals surface area contributed by atoms with Crippen molar-refractivity contribution in [3.05, 3.63) is 23.8 Å². The number of para-hydroxylation sites is 1. The zero-order chi connectivity index (χ0) is 13.8. The Hall–Kier alpha value is -1.95. The van der Waals surface area contributed by atoms with Crippen LogP contribution in [0.1, 0.15) is 24.8 Å². The number of rotatable bonds is 5. The van der Waals surface area contributed by atoms with Gasteiger partial charge in [0.1, 0.15) is 0 Å². The standard InChI is InChI=1S/C13H14N2O3S/c1-8-4-2-5-9-12(8)15-13(19-9)14-10(16)6-3-7-11(17)18/h2,4-5H,3,6-7H2,1H3,(H,17,18)(H,14,15,16). The van der Waals surface area contributed by atoms with E-state index in [1.54, 1.807) is 0 Å². The Morgan fingerprint density at radius 2 is 2.16 bits per heavy atom. The third-order valence-corrected chi connectivity index (χ3v) is 3.60. The van der Waals surface area contributed by atoms with Crippen molar-refractivity contribution in [2.24, 2.45) is 0 Å². The molecule has 100 valence electrons. The number of hydrogen-bond acceptors (Lipinski definition) is 4. The number of carbonyl (C=O) groups excluding carboxylic acids is 1. The topological polar surface area (TPSA) is 79.3 Å². The van der Waals surface area contributed by atoms with Gasteiger partial charge in [0.25, 0.3) is 0 Å². The van der Waals surface area contributed by atoms with Gasteiger partial charge in [-0.2, -0.15) is 0 Å². The van der Waals surface area contributed by atoms with Crippen molar-refractivity contribution in [3.8, 4) is 0 Å². The van der Waals surface area contributed by atoms with Crippen molar-refractivity contribution < 1.29 is 14.7 Å². The van der Waals surface area contributed by atoms with Crippen molar-refractivity contribution in [2.45, 2.75) is 26.2 Å². The number of carboxylic acids is 1. The number of carboxylic acid groups (broad SMARTS) is 1. The number of thiazole rings is 1. The lowest BCUT2D eigenvalue weighted by Crippen LogP contribution is -2.11. The number of benzene rings is 1. The second-order valence-corrected chi connectivity index (χ2v) is 5.27. The molecule has 2 N–H and O–H groups in total. The van der Waals surface area contributed by atoms with Gasteiger partial charge >= 0.3 is 5.97 Å². The first-order valence-electron chi connectivity index (χ1n) is 5.94. The summed E-state index contributed by atoms with van der Waals surface area (Å²) in [5.74, 6) is -1.08. The molecule has 19 heavy (non-hydrogen) atoms. The Morgan fingerprint density at radius 3 is 2.84 bits per heavy atom. The molecule has 2 aromatic rings. The van der Waals surface area contributed by atoms with Crippen LogP contribution in [0.5, 0.6) is 0 Å². The fraction of sp³-hybridized carbons (Fsp3) is 0.308. The smallest absolute Gasteiger partial charge is 0.303 e. The van der Waals surface area contributed by atoms with Crippen LogP contribution < -0.4 is 5.32 Å². The molecule has 6 heteroatoms. The maximum atomic E-state index is 11.6. The SMILES string of the molecule is Cc1cccc2sc(NC(=O)CCCC(=O)O)nc12. The van der Waals surface area contributed by atoms with E-state index in [1.165, 1.54) is 11.3 Å². The quantitative estimate of drug-likeness (QED) is 0.881. The first-order chi connectivity index (χ1) is 9.06. The van der Waals surface area contributed by atoms with Crippen LogP contribution in [-0.2, 0) is 9.59 Å². The highest BCUT2D eigenvalue weighted by molar-refractivity contribution is 7.22. The molecule has 0 bridgehead atoms. The lowest BCUT2D eigenvalue weighted by molar-refractivity contribution is -0.137. The van der Waals surface area contributed by atoms with Gasteiger partial charge in [-0.05, 0) is 25.0 Å². The summed E-state index contributed by atoms with van der Waals surface area (Å²) in [6.07, 6.45) is 0.540. The van der Waals surface area contributed by atoms with Crippen LogP contribution in [0.3, 0.4) is 0 Å². The number of aliphatic carboxylic acids is 1. The minimum Gasteiger partial charge on any atom is -0.481 e. The number of aromatic nitrogens is 1. The Balaban J connectivity index is 1.99. The van der Waals surface area contributed by atoms with Gasteiger partial charge < -0.3 is 10.4 Å². The molecule has 0 spiro atoms. The van der Waals surface area contributed by atoms with E-state index in [1.807, 2.05) is 25.1 Å². The summed E-state index contributed by atoms with van der Waals surface area (Å²) in [7, 11) is 0. The summed E-state index contributed by atoms with van der Waals surface area (Å²) in [5.41, 5.74) is 1.97. The molecule has 0 saturated heterocycles. The fourth-order valence-corrected chi connectivity index (χ4v) is 2.68. The average Bonchev–Trinajstić information content (AvgIpc) is 2.72. The lowest BCUT2D eigenvalue weighted by atomic mass is 10.2. The first-order valence-corrected chi connectivity index (χ1v) is 6.75. The van der Waals surface area contributed by atoms with Gasteiger partial charge in [0, 0.05) is 12.8 Å².